The van der Waals surface area contributed by atoms with Crippen molar-refractivity contribution in [2.24, 2.45) is 10.9 Å². The Morgan fingerprint density at radius 1 is 1.00 bits per heavy atom. The van der Waals surface area contributed by atoms with Crippen LogP contribution in [0.1, 0.15) is 42.5 Å². The second kappa shape index (κ2) is 9.93. The van der Waals surface area contributed by atoms with E-state index >= 15 is 0 Å². The molecule has 2 heterocycles. The highest BCUT2D eigenvalue weighted by Crippen LogP contribution is 2.36. The van der Waals surface area contributed by atoms with Gasteiger partial charge in [-0.05, 0) is 74.1 Å². The van der Waals surface area contributed by atoms with E-state index in [-0.39, 0.29) is 11.9 Å². The van der Waals surface area contributed by atoms with E-state index in [1.54, 1.807) is 0 Å². The first-order valence-electron chi connectivity index (χ1n) is 11.8. The topological polar surface area (TPSA) is 102 Å². The molecule has 1 aliphatic carbocycles. The number of benzene rings is 2. The number of ether oxygens (including phenoxy) is 1. The van der Waals surface area contributed by atoms with Crippen LogP contribution < -0.4 is 15.8 Å². The Kier molecular flexibility index (Phi) is 6.39. The average molecular weight is 466 g/mol. The lowest BCUT2D eigenvalue weighted by atomic mass is 9.85. The Bertz CT molecular complexity index is 1290. The Labute approximate surface area is 204 Å². The first-order chi connectivity index (χ1) is 17.1. The first kappa shape index (κ1) is 22.5. The van der Waals surface area contributed by atoms with Gasteiger partial charge in [0.15, 0.2) is 0 Å². The van der Waals surface area contributed by atoms with Crippen LogP contribution in [0.4, 0.5) is 5.82 Å². The van der Waals surface area contributed by atoms with Gasteiger partial charge >= 0.3 is 0 Å². The lowest BCUT2D eigenvalue weighted by Crippen LogP contribution is -2.36. The SMILES string of the molecule is C=CC(=O)N[C@H]1CC[C@@H](/C=C2\N=C(c3ccc(Oc4ccccc4)cc3)c3c(N)ncnc32)CC1. The van der Waals surface area contributed by atoms with E-state index in [2.05, 4.69) is 27.9 Å². The summed E-state index contributed by atoms with van der Waals surface area (Å²) in [5.41, 5.74) is 10.3. The number of nitrogens with zero attached hydrogens (tertiary/aromatic N) is 3. The van der Waals surface area contributed by atoms with Gasteiger partial charge in [-0.3, -0.25) is 4.79 Å². The zero-order chi connectivity index (χ0) is 24.2. The number of hydrogen-bond donors (Lipinski definition) is 2. The molecule has 1 aliphatic heterocycles. The quantitative estimate of drug-likeness (QED) is 0.504. The molecule has 1 fully saturated rings. The second-order valence-electron chi connectivity index (χ2n) is 8.76. The minimum Gasteiger partial charge on any atom is -0.457 e. The zero-order valence-corrected chi connectivity index (χ0v) is 19.4. The monoisotopic (exact) mass is 465 g/mol. The Morgan fingerprint density at radius 3 is 2.43 bits per heavy atom. The van der Waals surface area contributed by atoms with Crippen molar-refractivity contribution in [1.29, 1.82) is 0 Å². The molecule has 2 aliphatic rings. The zero-order valence-electron chi connectivity index (χ0n) is 19.4. The third kappa shape index (κ3) is 4.99. The van der Waals surface area contributed by atoms with Crippen LogP contribution in [0.25, 0.3) is 5.70 Å². The molecule has 35 heavy (non-hydrogen) atoms. The molecular weight excluding hydrogens is 438 g/mol. The van der Waals surface area contributed by atoms with Crippen molar-refractivity contribution < 1.29 is 9.53 Å². The molecule has 7 heteroatoms. The summed E-state index contributed by atoms with van der Waals surface area (Å²) in [6.07, 6.45) is 8.79. The van der Waals surface area contributed by atoms with Crippen molar-refractivity contribution in [2.75, 3.05) is 5.73 Å². The first-order valence-corrected chi connectivity index (χ1v) is 11.8. The fraction of sp³-hybridized carbons (Fsp3) is 0.214. The molecule has 5 rings (SSSR count). The summed E-state index contributed by atoms with van der Waals surface area (Å²) < 4.78 is 5.92. The van der Waals surface area contributed by atoms with Gasteiger partial charge in [0.1, 0.15) is 29.3 Å². The number of carbonyl (C=O) groups is 1. The van der Waals surface area contributed by atoms with E-state index in [1.165, 1.54) is 12.4 Å². The van der Waals surface area contributed by atoms with Crippen LogP contribution in [0.3, 0.4) is 0 Å². The number of nitrogens with one attached hydrogen (secondary N) is 1. The normalized spacial score (nSPS) is 20.1. The number of aliphatic imine (C=N–C) groups is 1. The van der Waals surface area contributed by atoms with Gasteiger partial charge in [0, 0.05) is 11.6 Å². The van der Waals surface area contributed by atoms with Gasteiger partial charge in [0.05, 0.1) is 17.0 Å². The molecule has 1 aromatic heterocycles. The maximum atomic E-state index is 11.6. The van der Waals surface area contributed by atoms with Gasteiger partial charge < -0.3 is 15.8 Å². The smallest absolute Gasteiger partial charge is 0.243 e. The number of fused-ring (bicyclic) bond motifs is 1. The van der Waals surface area contributed by atoms with Gasteiger partial charge in [0.25, 0.3) is 0 Å². The maximum Gasteiger partial charge on any atom is 0.243 e. The summed E-state index contributed by atoms with van der Waals surface area (Å²) in [6.45, 7) is 3.53. The number of nitrogen functional groups attached to an aromatic ring is 1. The summed E-state index contributed by atoms with van der Waals surface area (Å²) in [5.74, 6) is 2.18. The van der Waals surface area contributed by atoms with Gasteiger partial charge in [0.2, 0.25) is 5.91 Å². The molecular formula is C28H27N5O2. The molecule has 0 unspecified atom stereocenters. The molecule has 0 radical (unpaired) electrons. The van der Waals surface area contributed by atoms with Crippen molar-refractivity contribution in [3.8, 4) is 11.5 Å². The maximum absolute atomic E-state index is 11.6. The summed E-state index contributed by atoms with van der Waals surface area (Å²) >= 11 is 0. The molecule has 0 atom stereocenters. The van der Waals surface area contributed by atoms with Crippen LogP contribution in [-0.4, -0.2) is 27.6 Å². The fourth-order valence-electron chi connectivity index (χ4n) is 4.60. The summed E-state index contributed by atoms with van der Waals surface area (Å²) in [5, 5.41) is 3.00. The van der Waals surface area contributed by atoms with E-state index in [4.69, 9.17) is 15.5 Å². The average Bonchev–Trinajstić information content (AvgIpc) is 3.26. The highest BCUT2D eigenvalue weighted by molar-refractivity contribution is 6.22. The minimum absolute atomic E-state index is 0.113. The number of nitrogens with two attached hydrogens (primary N) is 1. The van der Waals surface area contributed by atoms with E-state index < -0.39 is 0 Å². The van der Waals surface area contributed by atoms with Crippen molar-refractivity contribution in [3.63, 3.8) is 0 Å². The summed E-state index contributed by atoms with van der Waals surface area (Å²) in [4.78, 5) is 25.3. The van der Waals surface area contributed by atoms with Crippen LogP contribution in [0, 0.1) is 5.92 Å². The Morgan fingerprint density at radius 2 is 1.71 bits per heavy atom. The molecule has 7 nitrogen and oxygen atoms in total. The van der Waals surface area contributed by atoms with Gasteiger partial charge in [-0.1, -0.05) is 30.9 Å². The van der Waals surface area contributed by atoms with E-state index in [0.29, 0.717) is 11.7 Å². The lowest BCUT2D eigenvalue weighted by Gasteiger charge is -2.27. The number of rotatable bonds is 6. The standard InChI is InChI=1S/C28H27N5O2/c1-2-24(34)32-20-12-8-18(9-13-20)16-23-27-25(28(29)31-17-30-27)26(33-23)19-10-14-22(15-11-19)35-21-6-4-3-5-7-21/h2-7,10-11,14-18,20H,1,8-9,12-13H2,(H,32,34)(H2,29,30,31)/b23-16-/t18-,20+. The van der Waals surface area contributed by atoms with Crippen molar-refractivity contribution in [3.05, 3.63) is 96.5 Å². The fourth-order valence-corrected chi connectivity index (χ4v) is 4.60. The predicted molar refractivity (Wildman–Crippen MR) is 137 cm³/mol. The van der Waals surface area contributed by atoms with Crippen LogP contribution in [0.2, 0.25) is 0 Å². The summed E-state index contributed by atoms with van der Waals surface area (Å²) in [7, 11) is 0. The molecule has 1 amide bonds. The molecule has 176 valence electrons. The highest BCUT2D eigenvalue weighted by Gasteiger charge is 2.28. The highest BCUT2D eigenvalue weighted by atomic mass is 16.5. The van der Waals surface area contributed by atoms with Crippen molar-refractivity contribution in [2.45, 2.75) is 31.7 Å². The van der Waals surface area contributed by atoms with Crippen LogP contribution in [0.15, 0.2) is 84.6 Å². The van der Waals surface area contributed by atoms with Crippen molar-refractivity contribution >= 4 is 23.1 Å². The largest absolute Gasteiger partial charge is 0.457 e. The van der Waals surface area contributed by atoms with Gasteiger partial charge in [-0.25, -0.2) is 15.0 Å². The van der Waals surface area contributed by atoms with E-state index in [0.717, 1.165) is 65.4 Å². The van der Waals surface area contributed by atoms with Gasteiger partial charge in [-0.15, -0.1) is 0 Å². The molecule has 0 bridgehead atoms. The van der Waals surface area contributed by atoms with Crippen LogP contribution in [0.5, 0.6) is 11.5 Å². The third-order valence-electron chi connectivity index (χ3n) is 6.39. The van der Waals surface area contributed by atoms with Gasteiger partial charge in [-0.2, -0.15) is 0 Å². The molecule has 0 spiro atoms. The minimum atomic E-state index is -0.113. The molecule has 3 aromatic rings. The third-order valence-corrected chi connectivity index (χ3v) is 6.39. The lowest BCUT2D eigenvalue weighted by molar-refractivity contribution is -0.117. The molecule has 3 N–H and O–H groups in total. The second-order valence-corrected chi connectivity index (χ2v) is 8.76. The summed E-state index contributed by atoms with van der Waals surface area (Å²) in [6, 6.07) is 17.7. The number of hydrogen-bond acceptors (Lipinski definition) is 6. The van der Waals surface area contributed by atoms with Crippen LogP contribution in [-0.2, 0) is 4.79 Å². The van der Waals surface area contributed by atoms with Crippen LogP contribution >= 0.6 is 0 Å². The Hall–Kier alpha value is -4.26. The number of aromatic nitrogens is 2. The number of allylic oxidation sites excluding steroid dienone is 1. The van der Waals surface area contributed by atoms with E-state index in [9.17, 15) is 4.79 Å². The predicted octanol–water partition coefficient (Wildman–Crippen LogP) is 4.90. The number of para-hydroxylation sites is 1. The number of carbonyl (C=O) groups excluding carboxylic acids is 1. The molecule has 2 aromatic carbocycles. The molecule has 0 saturated heterocycles. The Balaban J connectivity index is 1.37. The van der Waals surface area contributed by atoms with Crippen molar-refractivity contribution in [1.82, 2.24) is 15.3 Å². The number of amides is 1. The number of anilines is 1. The van der Waals surface area contributed by atoms with E-state index in [1.807, 2.05) is 54.6 Å². The molecule has 1 saturated carbocycles.